The Bertz CT molecular complexity index is 438. The summed E-state index contributed by atoms with van der Waals surface area (Å²) in [6.07, 6.45) is 0. The fraction of sp³-hybridized carbons (Fsp3) is 0.455. The number of rotatable bonds is 1. The third kappa shape index (κ3) is 3.06. The number of hydrogen-bond donors (Lipinski definition) is 1. The minimum atomic E-state index is 0. The van der Waals surface area contributed by atoms with Crippen molar-refractivity contribution in [1.82, 2.24) is 10.2 Å². The maximum absolute atomic E-state index is 4.36. The second-order valence-electron chi connectivity index (χ2n) is 3.93. The molecule has 0 atom stereocenters. The van der Waals surface area contributed by atoms with Gasteiger partial charge in [0.15, 0.2) is 5.17 Å². The van der Waals surface area contributed by atoms with Gasteiger partial charge in [-0.15, -0.1) is 28.8 Å². The van der Waals surface area contributed by atoms with Gasteiger partial charge in [0.05, 0.1) is 10.6 Å². The zero-order valence-corrected chi connectivity index (χ0v) is 12.3. The molecule has 18 heavy (non-hydrogen) atoms. The van der Waals surface area contributed by atoms with E-state index in [0.29, 0.717) is 0 Å². The summed E-state index contributed by atoms with van der Waals surface area (Å²) in [5.74, 6) is 0.934. The zero-order valence-electron chi connectivity index (χ0n) is 9.83. The SMILES string of the molecule is Cl.c1csc(C2=NN=C(N3CCNCC3)SC2)c1. The number of halogens is 1. The number of nitrogens with zero attached hydrogens (tertiary/aromatic N) is 3. The summed E-state index contributed by atoms with van der Waals surface area (Å²) < 4.78 is 0. The monoisotopic (exact) mass is 302 g/mol. The van der Waals surface area contributed by atoms with Gasteiger partial charge in [-0.2, -0.15) is 5.10 Å². The highest BCUT2D eigenvalue weighted by atomic mass is 35.5. The summed E-state index contributed by atoms with van der Waals surface area (Å²) in [6, 6.07) is 4.16. The van der Waals surface area contributed by atoms with E-state index in [1.807, 2.05) is 0 Å². The molecule has 0 unspecified atom stereocenters. The predicted molar refractivity (Wildman–Crippen MR) is 82.4 cm³/mol. The van der Waals surface area contributed by atoms with Gasteiger partial charge in [0.25, 0.3) is 0 Å². The molecule has 0 spiro atoms. The summed E-state index contributed by atoms with van der Waals surface area (Å²) >= 11 is 3.53. The van der Waals surface area contributed by atoms with Crippen molar-refractivity contribution < 1.29 is 0 Å². The van der Waals surface area contributed by atoms with Crippen molar-refractivity contribution in [2.24, 2.45) is 10.2 Å². The Labute approximate surface area is 121 Å². The molecule has 4 nitrogen and oxygen atoms in total. The normalized spacial score (nSPS) is 19.9. The van der Waals surface area contributed by atoms with Gasteiger partial charge in [0, 0.05) is 31.9 Å². The van der Waals surface area contributed by atoms with Crippen LogP contribution in [-0.2, 0) is 0 Å². The lowest BCUT2D eigenvalue weighted by Gasteiger charge is -2.30. The average molecular weight is 303 g/mol. The van der Waals surface area contributed by atoms with Gasteiger partial charge in [0.2, 0.25) is 0 Å². The predicted octanol–water partition coefficient (Wildman–Crippen LogP) is 1.88. The highest BCUT2D eigenvalue weighted by Gasteiger charge is 2.19. The lowest BCUT2D eigenvalue weighted by atomic mass is 10.3. The van der Waals surface area contributed by atoms with E-state index in [9.17, 15) is 0 Å². The van der Waals surface area contributed by atoms with Crippen molar-refractivity contribution in [2.45, 2.75) is 0 Å². The van der Waals surface area contributed by atoms with E-state index in [1.54, 1.807) is 23.1 Å². The topological polar surface area (TPSA) is 40.0 Å². The molecular formula is C11H15ClN4S2. The number of hydrogen-bond acceptors (Lipinski definition) is 6. The summed E-state index contributed by atoms with van der Waals surface area (Å²) in [5, 5.41) is 15.2. The molecule has 98 valence electrons. The number of thiophene rings is 1. The molecule has 0 aliphatic carbocycles. The van der Waals surface area contributed by atoms with Gasteiger partial charge in [-0.05, 0) is 11.4 Å². The lowest BCUT2D eigenvalue weighted by molar-refractivity contribution is 0.362. The minimum absolute atomic E-state index is 0. The Morgan fingerprint density at radius 2 is 2.06 bits per heavy atom. The van der Waals surface area contributed by atoms with Crippen molar-refractivity contribution in [1.29, 1.82) is 0 Å². The second-order valence-corrected chi connectivity index (χ2v) is 5.82. The van der Waals surface area contributed by atoms with Gasteiger partial charge in [-0.25, -0.2) is 0 Å². The van der Waals surface area contributed by atoms with Gasteiger partial charge in [0.1, 0.15) is 0 Å². The first-order valence-corrected chi connectivity index (χ1v) is 7.57. The van der Waals surface area contributed by atoms with Crippen LogP contribution in [0.15, 0.2) is 27.7 Å². The number of thioether (sulfide) groups is 1. The number of piperazine rings is 1. The second kappa shape index (κ2) is 6.56. The Hall–Kier alpha value is -0.560. The molecular weight excluding hydrogens is 288 g/mol. The van der Waals surface area contributed by atoms with E-state index in [0.717, 1.165) is 42.8 Å². The molecule has 3 rings (SSSR count). The molecule has 1 fully saturated rings. The van der Waals surface area contributed by atoms with Crippen molar-refractivity contribution in [3.8, 4) is 0 Å². The van der Waals surface area contributed by atoms with E-state index in [2.05, 4.69) is 37.9 Å². The van der Waals surface area contributed by atoms with Gasteiger partial charge in [-0.1, -0.05) is 17.8 Å². The molecule has 2 aliphatic rings. The zero-order chi connectivity index (χ0) is 11.5. The van der Waals surface area contributed by atoms with E-state index < -0.39 is 0 Å². The van der Waals surface area contributed by atoms with Crippen molar-refractivity contribution in [3.05, 3.63) is 22.4 Å². The van der Waals surface area contributed by atoms with Crippen molar-refractivity contribution >= 4 is 46.4 Å². The molecule has 1 aromatic heterocycles. The standard InChI is InChI=1S/C11H14N4S2.ClH/c1-2-10(16-7-1)9-8-17-11(14-13-9)15-5-3-12-4-6-15;/h1-2,7,12H,3-6,8H2;1H. The summed E-state index contributed by atoms with van der Waals surface area (Å²) in [5.41, 5.74) is 1.10. The molecule has 0 saturated carbocycles. The van der Waals surface area contributed by atoms with Crippen LogP contribution in [0.2, 0.25) is 0 Å². The summed E-state index contributed by atoms with van der Waals surface area (Å²) in [7, 11) is 0. The fourth-order valence-electron chi connectivity index (χ4n) is 1.87. The number of amidine groups is 1. The first-order chi connectivity index (χ1) is 8.43. The van der Waals surface area contributed by atoms with Crippen LogP contribution in [0.4, 0.5) is 0 Å². The van der Waals surface area contributed by atoms with Crippen molar-refractivity contribution in [3.63, 3.8) is 0 Å². The van der Waals surface area contributed by atoms with Crippen LogP contribution in [0.25, 0.3) is 0 Å². The van der Waals surface area contributed by atoms with Crippen LogP contribution in [0.5, 0.6) is 0 Å². The lowest BCUT2D eigenvalue weighted by Crippen LogP contribution is -2.46. The largest absolute Gasteiger partial charge is 0.347 e. The van der Waals surface area contributed by atoms with Crippen LogP contribution < -0.4 is 5.32 Å². The van der Waals surface area contributed by atoms with Gasteiger partial charge < -0.3 is 10.2 Å². The van der Waals surface area contributed by atoms with Gasteiger partial charge >= 0.3 is 0 Å². The molecule has 3 heterocycles. The Morgan fingerprint density at radius 1 is 1.22 bits per heavy atom. The Balaban J connectivity index is 0.00000120. The molecule has 0 amide bonds. The van der Waals surface area contributed by atoms with Crippen LogP contribution in [0.3, 0.4) is 0 Å². The number of nitrogens with one attached hydrogen (secondary N) is 1. The molecule has 1 saturated heterocycles. The molecule has 7 heteroatoms. The molecule has 0 aromatic carbocycles. The summed E-state index contributed by atoms with van der Waals surface area (Å²) in [4.78, 5) is 3.55. The van der Waals surface area contributed by atoms with E-state index in [-0.39, 0.29) is 12.4 Å². The van der Waals surface area contributed by atoms with E-state index in [4.69, 9.17) is 0 Å². The van der Waals surface area contributed by atoms with Crippen LogP contribution in [0, 0.1) is 0 Å². The molecule has 1 N–H and O–H groups in total. The minimum Gasteiger partial charge on any atom is -0.347 e. The van der Waals surface area contributed by atoms with E-state index in [1.165, 1.54) is 4.88 Å². The maximum atomic E-state index is 4.36. The van der Waals surface area contributed by atoms with Crippen LogP contribution in [0.1, 0.15) is 4.88 Å². The average Bonchev–Trinajstić information content (AvgIpc) is 2.94. The smallest absolute Gasteiger partial charge is 0.186 e. The maximum Gasteiger partial charge on any atom is 0.186 e. The molecule has 0 radical (unpaired) electrons. The van der Waals surface area contributed by atoms with Crippen LogP contribution >= 0.6 is 35.5 Å². The quantitative estimate of drug-likeness (QED) is 0.861. The van der Waals surface area contributed by atoms with Gasteiger partial charge in [-0.3, -0.25) is 0 Å². The fourth-order valence-corrected chi connectivity index (χ4v) is 3.61. The third-order valence-corrected chi connectivity index (χ3v) is 4.72. The third-order valence-electron chi connectivity index (χ3n) is 2.79. The Kier molecular flexibility index (Phi) is 5.05. The van der Waals surface area contributed by atoms with E-state index >= 15 is 0 Å². The highest BCUT2D eigenvalue weighted by molar-refractivity contribution is 8.14. The van der Waals surface area contributed by atoms with Crippen molar-refractivity contribution in [2.75, 3.05) is 31.9 Å². The highest BCUT2D eigenvalue weighted by Crippen LogP contribution is 2.20. The van der Waals surface area contributed by atoms with Crippen LogP contribution in [-0.4, -0.2) is 47.7 Å². The summed E-state index contributed by atoms with van der Waals surface area (Å²) in [6.45, 7) is 4.16. The molecule has 0 bridgehead atoms. The first-order valence-electron chi connectivity index (χ1n) is 5.70. The molecule has 1 aromatic rings. The molecule has 2 aliphatic heterocycles. The Morgan fingerprint density at radius 3 is 2.67 bits per heavy atom. The first kappa shape index (κ1) is 13.9.